The number of ether oxygens (including phenoxy) is 1. The average molecular weight is 292 g/mol. The summed E-state index contributed by atoms with van der Waals surface area (Å²) >= 11 is 5.17. The van der Waals surface area contributed by atoms with Crippen LogP contribution in [0.3, 0.4) is 0 Å². The Morgan fingerprint density at radius 2 is 2.27 bits per heavy atom. The molecule has 86 valence electrons. The highest BCUT2D eigenvalue weighted by Gasteiger charge is 1.97. The Labute approximate surface area is 104 Å². The Hall–Kier alpha value is 0.1000. The van der Waals surface area contributed by atoms with Crippen LogP contribution in [0.25, 0.3) is 0 Å². The molecular formula is C11H18BrNOS. The SMILES string of the molecule is CC(C)NCCCOCc1ccc(Br)s1. The summed E-state index contributed by atoms with van der Waals surface area (Å²) in [6.07, 6.45) is 1.07. The highest BCUT2D eigenvalue weighted by Crippen LogP contribution is 2.22. The van der Waals surface area contributed by atoms with Gasteiger partial charge in [0, 0.05) is 17.5 Å². The van der Waals surface area contributed by atoms with Gasteiger partial charge < -0.3 is 10.1 Å². The third-order valence-corrected chi connectivity index (χ3v) is 3.49. The van der Waals surface area contributed by atoms with Crippen molar-refractivity contribution in [1.82, 2.24) is 5.32 Å². The monoisotopic (exact) mass is 291 g/mol. The Balaban J connectivity index is 1.98. The van der Waals surface area contributed by atoms with Crippen LogP contribution in [-0.4, -0.2) is 19.2 Å². The predicted octanol–water partition coefficient (Wildman–Crippen LogP) is 3.42. The van der Waals surface area contributed by atoms with Crippen molar-refractivity contribution in [2.45, 2.75) is 32.9 Å². The van der Waals surface area contributed by atoms with Crippen LogP contribution in [0.4, 0.5) is 0 Å². The molecule has 0 aliphatic heterocycles. The Kier molecular flexibility index (Phi) is 6.48. The molecule has 1 aromatic rings. The fraction of sp³-hybridized carbons (Fsp3) is 0.636. The Bertz CT molecular complexity index is 275. The van der Waals surface area contributed by atoms with E-state index in [2.05, 4.69) is 47.2 Å². The van der Waals surface area contributed by atoms with E-state index in [-0.39, 0.29) is 0 Å². The van der Waals surface area contributed by atoms with Crippen LogP contribution in [0.5, 0.6) is 0 Å². The molecule has 0 spiro atoms. The summed E-state index contributed by atoms with van der Waals surface area (Å²) < 4.78 is 6.73. The number of halogens is 1. The minimum atomic E-state index is 0.568. The van der Waals surface area contributed by atoms with Gasteiger partial charge in [0.15, 0.2) is 0 Å². The normalized spacial score (nSPS) is 11.2. The standard InChI is InChI=1S/C11H18BrNOS/c1-9(2)13-6-3-7-14-8-10-4-5-11(12)15-10/h4-5,9,13H,3,6-8H2,1-2H3. The van der Waals surface area contributed by atoms with E-state index >= 15 is 0 Å². The van der Waals surface area contributed by atoms with Gasteiger partial charge in [-0.1, -0.05) is 13.8 Å². The molecule has 4 heteroatoms. The Morgan fingerprint density at radius 3 is 2.87 bits per heavy atom. The largest absolute Gasteiger partial charge is 0.376 e. The molecule has 0 atom stereocenters. The molecule has 0 unspecified atom stereocenters. The maximum absolute atomic E-state index is 5.56. The van der Waals surface area contributed by atoms with Crippen molar-refractivity contribution in [2.24, 2.45) is 0 Å². The summed E-state index contributed by atoms with van der Waals surface area (Å²) in [4.78, 5) is 1.28. The van der Waals surface area contributed by atoms with Crippen molar-refractivity contribution in [3.63, 3.8) is 0 Å². The van der Waals surface area contributed by atoms with Gasteiger partial charge in [0.25, 0.3) is 0 Å². The van der Waals surface area contributed by atoms with E-state index in [1.54, 1.807) is 11.3 Å². The van der Waals surface area contributed by atoms with Gasteiger partial charge in [-0.2, -0.15) is 0 Å². The predicted molar refractivity (Wildman–Crippen MR) is 69.4 cm³/mol. The smallest absolute Gasteiger partial charge is 0.0809 e. The topological polar surface area (TPSA) is 21.3 Å². The van der Waals surface area contributed by atoms with E-state index in [0.717, 1.165) is 26.2 Å². The molecule has 0 amide bonds. The van der Waals surface area contributed by atoms with Gasteiger partial charge in [0.1, 0.15) is 0 Å². The first kappa shape index (κ1) is 13.2. The van der Waals surface area contributed by atoms with E-state index in [1.165, 1.54) is 8.66 Å². The van der Waals surface area contributed by atoms with Gasteiger partial charge in [-0.15, -0.1) is 11.3 Å². The van der Waals surface area contributed by atoms with Crippen molar-refractivity contribution in [3.05, 3.63) is 20.8 Å². The Morgan fingerprint density at radius 1 is 1.47 bits per heavy atom. The maximum atomic E-state index is 5.56. The zero-order valence-corrected chi connectivity index (χ0v) is 11.7. The van der Waals surface area contributed by atoms with Crippen LogP contribution in [0, 0.1) is 0 Å². The van der Waals surface area contributed by atoms with Crippen LogP contribution in [0.1, 0.15) is 25.1 Å². The molecule has 1 N–H and O–H groups in total. The van der Waals surface area contributed by atoms with E-state index < -0.39 is 0 Å². The van der Waals surface area contributed by atoms with Gasteiger partial charge in [-0.05, 0) is 41.0 Å². The molecule has 15 heavy (non-hydrogen) atoms. The summed E-state index contributed by atoms with van der Waals surface area (Å²) in [5.41, 5.74) is 0. The van der Waals surface area contributed by atoms with Crippen molar-refractivity contribution in [2.75, 3.05) is 13.2 Å². The lowest BCUT2D eigenvalue weighted by atomic mass is 10.3. The fourth-order valence-electron chi connectivity index (χ4n) is 1.17. The fourth-order valence-corrected chi connectivity index (χ4v) is 2.59. The van der Waals surface area contributed by atoms with Crippen molar-refractivity contribution in [1.29, 1.82) is 0 Å². The number of rotatable bonds is 7. The lowest BCUT2D eigenvalue weighted by molar-refractivity contribution is 0.120. The van der Waals surface area contributed by atoms with E-state index in [9.17, 15) is 0 Å². The summed E-state index contributed by atoms with van der Waals surface area (Å²) in [7, 11) is 0. The van der Waals surface area contributed by atoms with Crippen LogP contribution in [-0.2, 0) is 11.3 Å². The molecule has 0 fully saturated rings. The molecule has 1 heterocycles. The second-order valence-corrected chi connectivity index (χ2v) is 6.27. The van der Waals surface area contributed by atoms with Gasteiger partial charge >= 0.3 is 0 Å². The third kappa shape index (κ3) is 6.30. The number of hydrogen-bond donors (Lipinski definition) is 1. The first-order chi connectivity index (χ1) is 7.18. The molecule has 0 aliphatic carbocycles. The van der Waals surface area contributed by atoms with Crippen molar-refractivity contribution < 1.29 is 4.74 Å². The van der Waals surface area contributed by atoms with Gasteiger partial charge in [0.05, 0.1) is 10.4 Å². The zero-order valence-electron chi connectivity index (χ0n) is 9.25. The molecule has 0 aliphatic rings. The summed E-state index contributed by atoms with van der Waals surface area (Å²) in [6.45, 7) is 6.91. The summed E-state index contributed by atoms with van der Waals surface area (Å²) in [5.74, 6) is 0. The first-order valence-corrected chi connectivity index (χ1v) is 6.85. The van der Waals surface area contributed by atoms with Crippen molar-refractivity contribution in [3.8, 4) is 0 Å². The first-order valence-electron chi connectivity index (χ1n) is 5.24. The number of thiophene rings is 1. The van der Waals surface area contributed by atoms with Crippen LogP contribution in [0.2, 0.25) is 0 Å². The molecule has 1 rings (SSSR count). The molecule has 0 aromatic carbocycles. The van der Waals surface area contributed by atoms with E-state index in [0.29, 0.717) is 6.04 Å². The lowest BCUT2D eigenvalue weighted by Crippen LogP contribution is -2.24. The minimum absolute atomic E-state index is 0.568. The second kappa shape index (κ2) is 7.39. The molecular weight excluding hydrogens is 274 g/mol. The van der Waals surface area contributed by atoms with E-state index in [4.69, 9.17) is 4.74 Å². The third-order valence-electron chi connectivity index (χ3n) is 1.89. The van der Waals surface area contributed by atoms with Crippen LogP contribution in [0.15, 0.2) is 15.9 Å². The zero-order chi connectivity index (χ0) is 11.1. The van der Waals surface area contributed by atoms with Gasteiger partial charge in [0.2, 0.25) is 0 Å². The van der Waals surface area contributed by atoms with Gasteiger partial charge in [-0.25, -0.2) is 0 Å². The lowest BCUT2D eigenvalue weighted by Gasteiger charge is -2.07. The number of hydrogen-bond acceptors (Lipinski definition) is 3. The van der Waals surface area contributed by atoms with E-state index in [1.807, 2.05) is 0 Å². The maximum Gasteiger partial charge on any atom is 0.0809 e. The van der Waals surface area contributed by atoms with Gasteiger partial charge in [-0.3, -0.25) is 0 Å². The molecule has 0 radical (unpaired) electrons. The molecule has 0 saturated carbocycles. The highest BCUT2D eigenvalue weighted by atomic mass is 79.9. The molecule has 0 bridgehead atoms. The summed E-state index contributed by atoms with van der Waals surface area (Å²) in [5, 5.41) is 3.36. The summed E-state index contributed by atoms with van der Waals surface area (Å²) in [6, 6.07) is 4.73. The van der Waals surface area contributed by atoms with Crippen LogP contribution < -0.4 is 5.32 Å². The van der Waals surface area contributed by atoms with Crippen molar-refractivity contribution >= 4 is 27.3 Å². The average Bonchev–Trinajstić information content (AvgIpc) is 2.57. The number of nitrogens with one attached hydrogen (secondary N) is 1. The van der Waals surface area contributed by atoms with Crippen LogP contribution >= 0.6 is 27.3 Å². The minimum Gasteiger partial charge on any atom is -0.376 e. The molecule has 0 saturated heterocycles. The molecule has 1 aromatic heterocycles. The highest BCUT2D eigenvalue weighted by molar-refractivity contribution is 9.11. The second-order valence-electron chi connectivity index (χ2n) is 3.72. The molecule has 2 nitrogen and oxygen atoms in total. The quantitative estimate of drug-likeness (QED) is 0.778.